The highest BCUT2D eigenvalue weighted by Crippen LogP contribution is 2.24. The van der Waals surface area contributed by atoms with Crippen molar-refractivity contribution in [3.8, 4) is 0 Å². The van der Waals surface area contributed by atoms with E-state index in [1.807, 2.05) is 6.92 Å². The molecule has 0 amide bonds. The summed E-state index contributed by atoms with van der Waals surface area (Å²) < 4.78 is 0. The predicted molar refractivity (Wildman–Crippen MR) is 105 cm³/mol. The highest BCUT2D eigenvalue weighted by atomic mass is 15.2. The quantitative estimate of drug-likeness (QED) is 0.799. The second kappa shape index (κ2) is 8.32. The number of hydrogen-bond donors (Lipinski definition) is 0. The van der Waals surface area contributed by atoms with Crippen LogP contribution in [0.2, 0.25) is 0 Å². The lowest BCUT2D eigenvalue weighted by Crippen LogP contribution is -2.32. The van der Waals surface area contributed by atoms with Crippen molar-refractivity contribution in [3.63, 3.8) is 0 Å². The zero-order valence-corrected chi connectivity index (χ0v) is 15.8. The summed E-state index contributed by atoms with van der Waals surface area (Å²) in [5.74, 6) is 2.98. The molecule has 0 N–H and O–H groups in total. The van der Waals surface area contributed by atoms with Crippen LogP contribution in [0.1, 0.15) is 50.9 Å². The summed E-state index contributed by atoms with van der Waals surface area (Å²) in [5, 5.41) is 0. The smallest absolute Gasteiger partial charge is 0.134 e. The van der Waals surface area contributed by atoms with Gasteiger partial charge in [-0.15, -0.1) is 0 Å². The summed E-state index contributed by atoms with van der Waals surface area (Å²) in [5.41, 5.74) is 1.31. The molecule has 3 rings (SSSR count). The first-order valence-corrected chi connectivity index (χ1v) is 9.54. The Bertz CT molecular complexity index is 661. The zero-order chi connectivity index (χ0) is 17.6. The van der Waals surface area contributed by atoms with Crippen molar-refractivity contribution in [1.82, 2.24) is 9.97 Å². The third-order valence-corrected chi connectivity index (χ3v) is 4.85. The maximum absolute atomic E-state index is 4.76. The number of rotatable bonds is 5. The van der Waals surface area contributed by atoms with Gasteiger partial charge in [0.1, 0.15) is 17.5 Å². The van der Waals surface area contributed by atoms with E-state index < -0.39 is 0 Å². The minimum Gasteiger partial charge on any atom is -0.356 e. The largest absolute Gasteiger partial charge is 0.356 e. The first-order chi connectivity index (χ1) is 12.1. The van der Waals surface area contributed by atoms with Crippen LogP contribution in [0.15, 0.2) is 36.4 Å². The number of benzene rings is 1. The van der Waals surface area contributed by atoms with Gasteiger partial charge in [0, 0.05) is 31.7 Å². The van der Waals surface area contributed by atoms with Crippen LogP contribution in [-0.4, -0.2) is 29.1 Å². The fourth-order valence-electron chi connectivity index (χ4n) is 3.45. The molecule has 0 unspecified atom stereocenters. The van der Waals surface area contributed by atoms with Crippen LogP contribution in [0.25, 0.3) is 0 Å². The van der Waals surface area contributed by atoms with Crippen LogP contribution < -0.4 is 9.80 Å². The molecule has 0 bridgehead atoms. The van der Waals surface area contributed by atoms with E-state index in [0.29, 0.717) is 6.04 Å². The average molecular weight is 338 g/mol. The van der Waals surface area contributed by atoms with Crippen LogP contribution in [0.5, 0.6) is 0 Å². The molecule has 1 fully saturated rings. The number of aromatic nitrogens is 2. The summed E-state index contributed by atoms with van der Waals surface area (Å²) in [6.07, 6.45) is 5.19. The molecule has 0 aliphatic carbocycles. The van der Waals surface area contributed by atoms with Gasteiger partial charge in [-0.25, -0.2) is 9.97 Å². The Morgan fingerprint density at radius 1 is 1.00 bits per heavy atom. The minimum absolute atomic E-state index is 0.381. The van der Waals surface area contributed by atoms with E-state index in [9.17, 15) is 0 Å². The number of hydrogen-bond acceptors (Lipinski definition) is 4. The maximum Gasteiger partial charge on any atom is 0.134 e. The molecule has 25 heavy (non-hydrogen) atoms. The summed E-state index contributed by atoms with van der Waals surface area (Å²) in [6.45, 7) is 9.55. The van der Waals surface area contributed by atoms with Gasteiger partial charge in [0.05, 0.1) is 0 Å². The molecular formula is C21H30N4. The molecule has 1 aliphatic rings. The third kappa shape index (κ3) is 4.71. The van der Waals surface area contributed by atoms with Gasteiger partial charge in [0.2, 0.25) is 0 Å². The third-order valence-electron chi connectivity index (χ3n) is 4.85. The number of aryl methyl sites for hydroxylation is 1. The van der Waals surface area contributed by atoms with Crippen LogP contribution in [0.4, 0.5) is 11.6 Å². The van der Waals surface area contributed by atoms with Gasteiger partial charge in [-0.2, -0.15) is 0 Å². The van der Waals surface area contributed by atoms with Crippen LogP contribution in [-0.2, 0) is 6.54 Å². The summed E-state index contributed by atoms with van der Waals surface area (Å²) in [7, 11) is 0. The molecule has 4 heteroatoms. The Morgan fingerprint density at radius 3 is 2.32 bits per heavy atom. The van der Waals surface area contributed by atoms with E-state index in [2.05, 4.69) is 60.0 Å². The topological polar surface area (TPSA) is 32.3 Å². The van der Waals surface area contributed by atoms with Crippen molar-refractivity contribution >= 4 is 11.6 Å². The summed E-state index contributed by atoms with van der Waals surface area (Å²) in [6, 6.07) is 13.2. The molecule has 2 aromatic rings. The second-order valence-corrected chi connectivity index (χ2v) is 7.24. The van der Waals surface area contributed by atoms with E-state index in [1.54, 1.807) is 0 Å². The molecule has 134 valence electrons. The molecule has 1 aliphatic heterocycles. The molecule has 2 heterocycles. The molecule has 1 aromatic carbocycles. The highest BCUT2D eigenvalue weighted by Gasteiger charge is 2.18. The predicted octanol–water partition coefficient (Wildman–Crippen LogP) is 4.58. The molecule has 1 saturated heterocycles. The second-order valence-electron chi connectivity index (χ2n) is 7.24. The van der Waals surface area contributed by atoms with Crippen molar-refractivity contribution in [1.29, 1.82) is 0 Å². The van der Waals surface area contributed by atoms with Gasteiger partial charge in [-0.1, -0.05) is 43.2 Å². The van der Waals surface area contributed by atoms with Crippen molar-refractivity contribution in [3.05, 3.63) is 47.8 Å². The number of nitrogens with zero attached hydrogens (tertiary/aromatic N) is 4. The van der Waals surface area contributed by atoms with Crippen molar-refractivity contribution in [2.45, 2.75) is 59.0 Å². The van der Waals surface area contributed by atoms with E-state index in [0.717, 1.165) is 37.1 Å². The lowest BCUT2D eigenvalue weighted by Gasteiger charge is -2.30. The maximum atomic E-state index is 4.76. The van der Waals surface area contributed by atoms with Crippen molar-refractivity contribution in [2.24, 2.45) is 0 Å². The molecular weight excluding hydrogens is 308 g/mol. The Kier molecular flexibility index (Phi) is 5.90. The summed E-state index contributed by atoms with van der Waals surface area (Å²) >= 11 is 0. The van der Waals surface area contributed by atoms with E-state index in [1.165, 1.54) is 31.2 Å². The monoisotopic (exact) mass is 338 g/mol. The van der Waals surface area contributed by atoms with Crippen LogP contribution in [0, 0.1) is 6.92 Å². The molecule has 1 aromatic heterocycles. The van der Waals surface area contributed by atoms with E-state index in [4.69, 9.17) is 9.97 Å². The Balaban J connectivity index is 1.88. The molecule has 4 nitrogen and oxygen atoms in total. The standard InChI is InChI=1S/C21H30N4/c1-17(2)25(16-19-11-7-6-8-12-19)21-15-20(22-18(3)23-21)24-13-9-4-5-10-14-24/h6-8,11-12,15,17H,4-5,9-10,13-14,16H2,1-3H3. The average Bonchev–Trinajstić information content (AvgIpc) is 2.89. The SMILES string of the molecule is Cc1nc(N2CCCCCC2)cc(N(Cc2ccccc2)C(C)C)n1. The highest BCUT2D eigenvalue weighted by molar-refractivity contribution is 5.52. The number of anilines is 2. The zero-order valence-electron chi connectivity index (χ0n) is 15.8. The Labute approximate surface area is 151 Å². The lowest BCUT2D eigenvalue weighted by atomic mass is 10.2. The van der Waals surface area contributed by atoms with Crippen LogP contribution >= 0.6 is 0 Å². The Morgan fingerprint density at radius 2 is 1.68 bits per heavy atom. The minimum atomic E-state index is 0.381. The molecule has 0 radical (unpaired) electrons. The van der Waals surface area contributed by atoms with Gasteiger partial charge < -0.3 is 9.80 Å². The van der Waals surface area contributed by atoms with Gasteiger partial charge in [-0.05, 0) is 39.2 Å². The van der Waals surface area contributed by atoms with E-state index in [-0.39, 0.29) is 0 Å². The molecule has 0 atom stereocenters. The fourth-order valence-corrected chi connectivity index (χ4v) is 3.45. The Hall–Kier alpha value is -2.10. The van der Waals surface area contributed by atoms with Crippen LogP contribution in [0.3, 0.4) is 0 Å². The molecule has 0 spiro atoms. The lowest BCUT2D eigenvalue weighted by molar-refractivity contribution is 0.667. The van der Waals surface area contributed by atoms with Gasteiger partial charge in [-0.3, -0.25) is 0 Å². The first-order valence-electron chi connectivity index (χ1n) is 9.54. The van der Waals surface area contributed by atoms with Gasteiger partial charge >= 0.3 is 0 Å². The van der Waals surface area contributed by atoms with Crippen molar-refractivity contribution < 1.29 is 0 Å². The van der Waals surface area contributed by atoms with Crippen molar-refractivity contribution in [2.75, 3.05) is 22.9 Å². The fraction of sp³-hybridized carbons (Fsp3) is 0.524. The van der Waals surface area contributed by atoms with Gasteiger partial charge in [0.25, 0.3) is 0 Å². The summed E-state index contributed by atoms with van der Waals surface area (Å²) in [4.78, 5) is 14.3. The van der Waals surface area contributed by atoms with Gasteiger partial charge in [0.15, 0.2) is 0 Å². The normalized spacial score (nSPS) is 15.3. The van der Waals surface area contributed by atoms with E-state index >= 15 is 0 Å². The molecule has 0 saturated carbocycles. The first kappa shape index (κ1) is 17.7.